The molecule has 26 heavy (non-hydrogen) atoms. The van der Waals surface area contributed by atoms with Gasteiger partial charge in [0, 0.05) is 10.6 Å². The lowest BCUT2D eigenvalue weighted by atomic mass is 9.98. The first-order chi connectivity index (χ1) is 12.8. The number of halogens is 1. The van der Waals surface area contributed by atoms with Gasteiger partial charge < -0.3 is 4.74 Å². The summed E-state index contributed by atoms with van der Waals surface area (Å²) in [6.45, 7) is 0. The number of rotatable bonds is 4. The van der Waals surface area contributed by atoms with Crippen LogP contribution in [0.2, 0.25) is 5.02 Å². The summed E-state index contributed by atoms with van der Waals surface area (Å²) in [5.41, 5.74) is 5.57. The molecule has 0 aliphatic carbocycles. The standard InChI is InChI=1S/C21H16ClN3O/c1-26-13-12-15-14-16(22)10-11-18(15)19-8-5-9-20-21(19)24-25(23-20)17-6-3-2-4-7-17/h2-14H,1H3/b13-12-. The lowest BCUT2D eigenvalue weighted by Crippen LogP contribution is -1.97. The van der Waals surface area contributed by atoms with E-state index >= 15 is 0 Å². The Labute approximate surface area is 156 Å². The Morgan fingerprint density at radius 1 is 0.923 bits per heavy atom. The highest BCUT2D eigenvalue weighted by atomic mass is 35.5. The van der Waals surface area contributed by atoms with Gasteiger partial charge in [0.05, 0.1) is 19.1 Å². The smallest absolute Gasteiger partial charge is 0.121 e. The molecule has 0 saturated heterocycles. The monoisotopic (exact) mass is 361 g/mol. The number of benzene rings is 3. The van der Waals surface area contributed by atoms with Crippen molar-refractivity contribution in [3.63, 3.8) is 0 Å². The maximum atomic E-state index is 6.18. The van der Waals surface area contributed by atoms with E-state index in [-0.39, 0.29) is 0 Å². The largest absolute Gasteiger partial charge is 0.504 e. The van der Waals surface area contributed by atoms with Crippen molar-refractivity contribution in [2.45, 2.75) is 0 Å². The van der Waals surface area contributed by atoms with Crippen molar-refractivity contribution in [2.24, 2.45) is 0 Å². The topological polar surface area (TPSA) is 39.9 Å². The van der Waals surface area contributed by atoms with Gasteiger partial charge in [0.25, 0.3) is 0 Å². The van der Waals surface area contributed by atoms with E-state index in [9.17, 15) is 0 Å². The SMILES string of the molecule is CO/C=C\c1cc(Cl)ccc1-c1cccc2nn(-c3ccccc3)nc12. The average Bonchev–Trinajstić information content (AvgIpc) is 3.12. The molecule has 0 unspecified atom stereocenters. The summed E-state index contributed by atoms with van der Waals surface area (Å²) in [4.78, 5) is 1.66. The highest BCUT2D eigenvalue weighted by Gasteiger charge is 2.13. The highest BCUT2D eigenvalue weighted by molar-refractivity contribution is 6.30. The fourth-order valence-corrected chi connectivity index (χ4v) is 3.07. The minimum Gasteiger partial charge on any atom is -0.504 e. The first-order valence-corrected chi connectivity index (χ1v) is 8.55. The Kier molecular flexibility index (Phi) is 4.42. The van der Waals surface area contributed by atoms with E-state index in [4.69, 9.17) is 21.4 Å². The fraction of sp³-hybridized carbons (Fsp3) is 0.0476. The number of nitrogens with zero attached hydrogens (tertiary/aromatic N) is 3. The molecule has 1 aromatic heterocycles. The van der Waals surface area contributed by atoms with Gasteiger partial charge >= 0.3 is 0 Å². The number of ether oxygens (including phenoxy) is 1. The van der Waals surface area contributed by atoms with Crippen molar-refractivity contribution in [1.29, 1.82) is 0 Å². The summed E-state index contributed by atoms with van der Waals surface area (Å²) in [7, 11) is 1.62. The lowest BCUT2D eigenvalue weighted by molar-refractivity contribution is 0.341. The maximum Gasteiger partial charge on any atom is 0.121 e. The summed E-state index contributed by atoms with van der Waals surface area (Å²) in [6, 6.07) is 21.6. The van der Waals surface area contributed by atoms with Gasteiger partial charge in [-0.3, -0.25) is 0 Å². The maximum absolute atomic E-state index is 6.18. The van der Waals surface area contributed by atoms with Crippen molar-refractivity contribution < 1.29 is 4.74 Å². The summed E-state index contributed by atoms with van der Waals surface area (Å²) in [6.07, 6.45) is 3.53. The predicted molar refractivity (Wildman–Crippen MR) is 105 cm³/mol. The molecule has 128 valence electrons. The second kappa shape index (κ2) is 7.02. The first-order valence-electron chi connectivity index (χ1n) is 8.17. The molecule has 0 aliphatic rings. The molecule has 0 bridgehead atoms. The molecule has 4 aromatic rings. The molecular weight excluding hydrogens is 346 g/mol. The molecule has 5 heteroatoms. The van der Waals surface area contributed by atoms with Crippen molar-refractivity contribution in [1.82, 2.24) is 15.0 Å². The average molecular weight is 362 g/mol. The van der Waals surface area contributed by atoms with Crippen LogP contribution in [0.15, 0.2) is 73.0 Å². The van der Waals surface area contributed by atoms with Crippen LogP contribution in [-0.4, -0.2) is 22.1 Å². The van der Waals surface area contributed by atoms with E-state index < -0.39 is 0 Å². The fourth-order valence-electron chi connectivity index (χ4n) is 2.89. The molecular formula is C21H16ClN3O. The number of para-hydroxylation sites is 1. The minimum atomic E-state index is 0.671. The van der Waals surface area contributed by atoms with Gasteiger partial charge in [-0.1, -0.05) is 48.0 Å². The van der Waals surface area contributed by atoms with Gasteiger partial charge in [0.15, 0.2) is 0 Å². The summed E-state index contributed by atoms with van der Waals surface area (Å²) in [5.74, 6) is 0. The van der Waals surface area contributed by atoms with E-state index in [0.717, 1.165) is 33.4 Å². The van der Waals surface area contributed by atoms with Gasteiger partial charge in [0.1, 0.15) is 11.0 Å². The number of hydrogen-bond acceptors (Lipinski definition) is 3. The Morgan fingerprint density at radius 3 is 2.58 bits per heavy atom. The number of hydrogen-bond donors (Lipinski definition) is 0. The van der Waals surface area contributed by atoms with Crippen LogP contribution in [0.5, 0.6) is 0 Å². The third-order valence-electron chi connectivity index (χ3n) is 4.09. The molecule has 4 rings (SSSR count). The van der Waals surface area contributed by atoms with Crippen molar-refractivity contribution in [3.05, 3.63) is 83.6 Å². The normalized spacial score (nSPS) is 11.3. The first kappa shape index (κ1) is 16.4. The van der Waals surface area contributed by atoms with Gasteiger partial charge in [0.2, 0.25) is 0 Å². The lowest BCUT2D eigenvalue weighted by Gasteiger charge is -2.07. The van der Waals surface area contributed by atoms with Crippen LogP contribution in [0, 0.1) is 0 Å². The van der Waals surface area contributed by atoms with Crippen LogP contribution >= 0.6 is 11.6 Å². The molecule has 0 saturated carbocycles. The van der Waals surface area contributed by atoms with E-state index in [1.54, 1.807) is 18.2 Å². The quantitative estimate of drug-likeness (QED) is 0.459. The molecule has 0 fully saturated rings. The molecule has 1 heterocycles. The second-order valence-electron chi connectivity index (χ2n) is 5.77. The predicted octanol–water partition coefficient (Wildman–Crippen LogP) is 5.36. The minimum absolute atomic E-state index is 0.671. The second-order valence-corrected chi connectivity index (χ2v) is 6.20. The zero-order valence-electron chi connectivity index (χ0n) is 14.1. The Hall–Kier alpha value is -3.11. The van der Waals surface area contributed by atoms with E-state index in [0.29, 0.717) is 5.02 Å². The van der Waals surface area contributed by atoms with Crippen LogP contribution in [0.3, 0.4) is 0 Å². The van der Waals surface area contributed by atoms with Crippen LogP contribution in [0.1, 0.15) is 5.56 Å². The van der Waals surface area contributed by atoms with Crippen LogP contribution in [0.25, 0.3) is 33.9 Å². The Bertz CT molecular complexity index is 1090. The Morgan fingerprint density at radius 2 is 1.77 bits per heavy atom. The zero-order chi connectivity index (χ0) is 17.9. The van der Waals surface area contributed by atoms with Crippen LogP contribution in [0.4, 0.5) is 0 Å². The molecule has 0 radical (unpaired) electrons. The van der Waals surface area contributed by atoms with Gasteiger partial charge in [-0.2, -0.15) is 4.80 Å². The molecule has 3 aromatic carbocycles. The van der Waals surface area contributed by atoms with Gasteiger partial charge in [-0.25, -0.2) is 0 Å². The molecule has 4 nitrogen and oxygen atoms in total. The van der Waals surface area contributed by atoms with E-state index in [1.165, 1.54) is 0 Å². The van der Waals surface area contributed by atoms with E-state index in [1.807, 2.05) is 72.8 Å². The summed E-state index contributed by atoms with van der Waals surface area (Å²) in [5, 5.41) is 10.0. The third kappa shape index (κ3) is 3.07. The summed E-state index contributed by atoms with van der Waals surface area (Å²) >= 11 is 6.18. The van der Waals surface area contributed by atoms with Crippen LogP contribution < -0.4 is 0 Å². The number of fused-ring (bicyclic) bond motifs is 1. The highest BCUT2D eigenvalue weighted by Crippen LogP contribution is 2.32. The van der Waals surface area contributed by atoms with Crippen molar-refractivity contribution in [3.8, 4) is 16.8 Å². The molecule has 0 N–H and O–H groups in total. The number of methoxy groups -OCH3 is 1. The van der Waals surface area contributed by atoms with Crippen molar-refractivity contribution >= 4 is 28.7 Å². The van der Waals surface area contributed by atoms with Crippen LogP contribution in [-0.2, 0) is 4.74 Å². The molecule has 0 aliphatic heterocycles. The van der Waals surface area contributed by atoms with Crippen molar-refractivity contribution in [2.75, 3.05) is 7.11 Å². The molecule has 0 atom stereocenters. The molecule has 0 amide bonds. The van der Waals surface area contributed by atoms with E-state index in [2.05, 4.69) is 5.10 Å². The Balaban J connectivity index is 1.90. The zero-order valence-corrected chi connectivity index (χ0v) is 14.9. The molecule has 0 spiro atoms. The summed E-state index contributed by atoms with van der Waals surface area (Å²) < 4.78 is 5.07. The third-order valence-corrected chi connectivity index (χ3v) is 4.32. The number of aromatic nitrogens is 3. The van der Waals surface area contributed by atoms with Gasteiger partial charge in [-0.15, -0.1) is 10.2 Å². The van der Waals surface area contributed by atoms with Gasteiger partial charge in [-0.05, 0) is 47.5 Å².